The van der Waals surface area contributed by atoms with E-state index in [2.05, 4.69) is 14.5 Å². The van der Waals surface area contributed by atoms with Gasteiger partial charge in [-0.25, -0.2) is 0 Å². The minimum absolute atomic E-state index is 0.202. The molecule has 0 unspecified atom stereocenters. The van der Waals surface area contributed by atoms with E-state index in [1.54, 1.807) is 6.92 Å². The largest absolute Gasteiger partial charge is 0.338 e. The van der Waals surface area contributed by atoms with Crippen LogP contribution in [0, 0.1) is 0 Å². The first-order chi connectivity index (χ1) is 9.66. The molecule has 0 saturated carbocycles. The smallest absolute Gasteiger partial charge is 0.219 e. The van der Waals surface area contributed by atoms with Gasteiger partial charge < -0.3 is 4.90 Å². The molecule has 20 heavy (non-hydrogen) atoms. The van der Waals surface area contributed by atoms with E-state index < -0.39 is 0 Å². The molecule has 7 heteroatoms. The first-order valence-electron chi connectivity index (χ1n) is 7.15. The van der Waals surface area contributed by atoms with Crippen molar-refractivity contribution in [3.63, 3.8) is 0 Å². The average molecular weight is 315 g/mol. The van der Waals surface area contributed by atoms with Crippen LogP contribution in [0.15, 0.2) is 0 Å². The summed E-state index contributed by atoms with van der Waals surface area (Å²) >= 11 is 7.35. The summed E-state index contributed by atoms with van der Waals surface area (Å²) in [5, 5.41) is 4.11. The van der Waals surface area contributed by atoms with Crippen molar-refractivity contribution in [2.24, 2.45) is 0 Å². The fourth-order valence-electron chi connectivity index (χ4n) is 3.55. The molecule has 110 valence electrons. The van der Waals surface area contributed by atoms with Crippen LogP contribution >= 0.6 is 23.1 Å². The van der Waals surface area contributed by atoms with Crippen LogP contribution in [0.3, 0.4) is 0 Å². The van der Waals surface area contributed by atoms with E-state index in [0.29, 0.717) is 16.4 Å². The van der Waals surface area contributed by atoms with Gasteiger partial charge in [0.05, 0.1) is 0 Å². The second kappa shape index (κ2) is 5.95. The second-order valence-corrected chi connectivity index (χ2v) is 6.95. The van der Waals surface area contributed by atoms with E-state index in [0.717, 1.165) is 44.6 Å². The summed E-state index contributed by atoms with van der Waals surface area (Å²) in [6.45, 7) is 4.39. The maximum atomic E-state index is 11.8. The van der Waals surface area contributed by atoms with Crippen LogP contribution in [0.25, 0.3) is 0 Å². The summed E-state index contributed by atoms with van der Waals surface area (Å²) in [5.41, 5.74) is 0.871. The molecule has 1 aromatic rings. The molecular weight excluding hydrogens is 296 g/mol. The van der Waals surface area contributed by atoms with E-state index in [4.69, 9.17) is 11.6 Å². The van der Waals surface area contributed by atoms with Crippen LogP contribution in [-0.4, -0.2) is 50.5 Å². The minimum atomic E-state index is 0.202. The zero-order chi connectivity index (χ0) is 14.1. The third kappa shape index (κ3) is 2.69. The summed E-state index contributed by atoms with van der Waals surface area (Å²) in [4.78, 5) is 16.2. The molecule has 0 aromatic carbocycles. The molecule has 2 saturated heterocycles. The summed E-state index contributed by atoms with van der Waals surface area (Å²) in [6.07, 6.45) is 4.57. The number of carbonyl (C=O) groups is 1. The van der Waals surface area contributed by atoms with Crippen molar-refractivity contribution in [2.45, 2.75) is 51.2 Å². The first kappa shape index (κ1) is 14.2. The lowest BCUT2D eigenvalue weighted by atomic mass is 10.0. The Hall–Kier alpha value is -0.720. The zero-order valence-electron chi connectivity index (χ0n) is 11.6. The molecule has 2 atom stereocenters. The van der Waals surface area contributed by atoms with E-state index >= 15 is 0 Å². The van der Waals surface area contributed by atoms with Gasteiger partial charge >= 0.3 is 0 Å². The maximum Gasteiger partial charge on any atom is 0.219 e. The van der Waals surface area contributed by atoms with Crippen molar-refractivity contribution in [3.8, 4) is 0 Å². The van der Waals surface area contributed by atoms with Crippen LogP contribution in [0.5, 0.6) is 0 Å². The summed E-state index contributed by atoms with van der Waals surface area (Å²) in [7, 11) is 0. The lowest BCUT2D eigenvalue weighted by Gasteiger charge is -2.34. The Balaban J connectivity index is 1.72. The van der Waals surface area contributed by atoms with Gasteiger partial charge in [0.15, 0.2) is 0 Å². The normalized spacial score (nSPS) is 27.4. The van der Waals surface area contributed by atoms with E-state index in [1.807, 2.05) is 4.90 Å². The van der Waals surface area contributed by atoms with Gasteiger partial charge in [-0.2, -0.15) is 0 Å². The Bertz CT molecular complexity index is 494. The minimum Gasteiger partial charge on any atom is -0.338 e. The Labute approximate surface area is 128 Å². The van der Waals surface area contributed by atoms with Crippen LogP contribution in [0.2, 0.25) is 4.34 Å². The Morgan fingerprint density at radius 2 is 2.10 bits per heavy atom. The van der Waals surface area contributed by atoms with Crippen LogP contribution < -0.4 is 0 Å². The number of carbonyl (C=O) groups excluding carboxylic acids is 1. The van der Waals surface area contributed by atoms with Gasteiger partial charge in [0.2, 0.25) is 5.91 Å². The molecule has 2 fully saturated rings. The predicted octanol–water partition coefficient (Wildman–Crippen LogP) is 2.17. The van der Waals surface area contributed by atoms with Crippen LogP contribution in [0.4, 0.5) is 0 Å². The molecular formula is C13H19ClN4OS. The molecule has 1 amide bonds. The topological polar surface area (TPSA) is 49.3 Å². The third-order valence-electron chi connectivity index (χ3n) is 4.42. The molecule has 1 aromatic heterocycles. The lowest BCUT2D eigenvalue weighted by Crippen LogP contribution is -2.47. The summed E-state index contributed by atoms with van der Waals surface area (Å²) in [6, 6.07) is 0.805. The third-order valence-corrected chi connectivity index (χ3v) is 5.41. The van der Waals surface area contributed by atoms with Crippen molar-refractivity contribution < 1.29 is 4.79 Å². The van der Waals surface area contributed by atoms with Gasteiger partial charge in [-0.15, -0.1) is 5.10 Å². The van der Waals surface area contributed by atoms with Crippen molar-refractivity contribution in [1.29, 1.82) is 0 Å². The van der Waals surface area contributed by atoms with Gasteiger partial charge in [0, 0.05) is 43.6 Å². The second-order valence-electron chi connectivity index (χ2n) is 5.60. The fourth-order valence-corrected chi connectivity index (χ4v) is 4.16. The van der Waals surface area contributed by atoms with Crippen molar-refractivity contribution in [3.05, 3.63) is 10.0 Å². The highest BCUT2D eigenvalue weighted by Crippen LogP contribution is 2.32. The van der Waals surface area contributed by atoms with E-state index in [-0.39, 0.29) is 5.91 Å². The first-order valence-corrected chi connectivity index (χ1v) is 8.30. The van der Waals surface area contributed by atoms with Crippen LogP contribution in [0.1, 0.15) is 38.3 Å². The van der Waals surface area contributed by atoms with E-state index in [9.17, 15) is 4.79 Å². The number of hydrogen-bond acceptors (Lipinski definition) is 5. The van der Waals surface area contributed by atoms with Crippen molar-refractivity contribution >= 4 is 29.0 Å². The molecule has 0 radical (unpaired) electrons. The quantitative estimate of drug-likeness (QED) is 0.858. The monoisotopic (exact) mass is 314 g/mol. The predicted molar refractivity (Wildman–Crippen MR) is 78.8 cm³/mol. The number of nitrogens with zero attached hydrogens (tertiary/aromatic N) is 4. The lowest BCUT2D eigenvalue weighted by molar-refractivity contribution is -0.130. The standard InChI is InChI=1S/C13H19ClN4OS/c1-9(19)18-7-3-5-12(18)11-4-2-6-17(11)8-10-13(14)20-16-15-10/h11-12H,2-8H2,1H3/t11-,12-/m0/s1. The average Bonchev–Trinajstić information content (AvgIpc) is 3.11. The highest BCUT2D eigenvalue weighted by atomic mass is 35.5. The molecule has 0 aliphatic carbocycles. The number of rotatable bonds is 3. The number of aromatic nitrogens is 2. The van der Waals surface area contributed by atoms with Gasteiger partial charge in [0.1, 0.15) is 10.0 Å². The number of hydrogen-bond donors (Lipinski definition) is 0. The number of halogens is 1. The molecule has 0 N–H and O–H groups in total. The molecule has 2 aliphatic rings. The van der Waals surface area contributed by atoms with Gasteiger partial charge in [0.25, 0.3) is 0 Å². The number of likely N-dealkylation sites (tertiary alicyclic amines) is 2. The molecule has 0 bridgehead atoms. The molecule has 5 nitrogen and oxygen atoms in total. The van der Waals surface area contributed by atoms with Gasteiger partial charge in [-0.05, 0) is 32.2 Å². The SMILES string of the molecule is CC(=O)N1CCC[C@H]1[C@@H]1CCCN1Cc1nnsc1Cl. The molecule has 2 aliphatic heterocycles. The Morgan fingerprint density at radius 3 is 2.80 bits per heavy atom. The Morgan fingerprint density at radius 1 is 1.35 bits per heavy atom. The van der Waals surface area contributed by atoms with Crippen molar-refractivity contribution in [1.82, 2.24) is 19.4 Å². The van der Waals surface area contributed by atoms with Gasteiger partial charge in [-0.3, -0.25) is 9.69 Å². The highest BCUT2D eigenvalue weighted by molar-refractivity contribution is 7.10. The van der Waals surface area contributed by atoms with Crippen molar-refractivity contribution in [2.75, 3.05) is 13.1 Å². The Kier molecular flexibility index (Phi) is 4.23. The van der Waals surface area contributed by atoms with E-state index in [1.165, 1.54) is 18.0 Å². The molecule has 3 rings (SSSR count). The maximum absolute atomic E-state index is 11.8. The molecule has 0 spiro atoms. The summed E-state index contributed by atoms with van der Waals surface area (Å²) < 4.78 is 4.58. The van der Waals surface area contributed by atoms with Crippen LogP contribution in [-0.2, 0) is 11.3 Å². The molecule has 3 heterocycles. The highest BCUT2D eigenvalue weighted by Gasteiger charge is 2.38. The fraction of sp³-hybridized carbons (Fsp3) is 0.769. The van der Waals surface area contributed by atoms with Gasteiger partial charge in [-0.1, -0.05) is 16.1 Å². The summed E-state index contributed by atoms with van der Waals surface area (Å²) in [5.74, 6) is 0.202. The zero-order valence-corrected chi connectivity index (χ0v) is 13.2. The number of amides is 1.